The Morgan fingerprint density at radius 3 is 2.68 bits per heavy atom. The van der Waals surface area contributed by atoms with Crippen LogP contribution in [0.4, 0.5) is 0 Å². The van der Waals surface area contributed by atoms with Gasteiger partial charge in [0, 0.05) is 18.0 Å². The topological polar surface area (TPSA) is 29.5 Å². The van der Waals surface area contributed by atoms with E-state index in [-0.39, 0.29) is 5.78 Å². The number of Topliss-reactive ketones (excluding diaryl/α,β-unsaturated/α-hetero) is 1. The van der Waals surface area contributed by atoms with Crippen LogP contribution in [0, 0.1) is 6.92 Å². The zero-order chi connectivity index (χ0) is 13.8. The Morgan fingerprint density at radius 1 is 1.37 bits per heavy atom. The molecule has 0 unspecified atom stereocenters. The molecule has 1 saturated heterocycles. The molecule has 0 saturated carbocycles. The molecule has 1 aromatic rings. The molecule has 0 N–H and O–H groups in total. The Bertz CT molecular complexity index is 467. The summed E-state index contributed by atoms with van der Waals surface area (Å²) in [6.07, 6.45) is 3.01. The van der Waals surface area contributed by atoms with Crippen molar-refractivity contribution in [1.29, 1.82) is 0 Å². The van der Waals surface area contributed by atoms with Gasteiger partial charge in [0.2, 0.25) is 0 Å². The second-order valence-corrected chi connectivity index (χ2v) is 5.43. The molecule has 104 valence electrons. The number of ether oxygens (including phenoxy) is 1. The molecule has 3 nitrogen and oxygen atoms in total. The monoisotopic (exact) mass is 281 g/mol. The van der Waals surface area contributed by atoms with Gasteiger partial charge in [-0.15, -0.1) is 0 Å². The minimum atomic E-state index is 0.102. The lowest BCUT2D eigenvalue weighted by Crippen LogP contribution is -2.22. The van der Waals surface area contributed by atoms with E-state index in [2.05, 4.69) is 4.90 Å². The highest BCUT2D eigenvalue weighted by atomic mass is 35.5. The summed E-state index contributed by atoms with van der Waals surface area (Å²) in [6, 6.07) is 3.55. The van der Waals surface area contributed by atoms with Gasteiger partial charge in [-0.3, -0.25) is 4.79 Å². The Balaban J connectivity index is 2.07. The summed E-state index contributed by atoms with van der Waals surface area (Å²) in [5.74, 6) is 0.721. The van der Waals surface area contributed by atoms with E-state index in [1.807, 2.05) is 13.0 Å². The summed E-state index contributed by atoms with van der Waals surface area (Å²) in [5, 5.41) is 0.616. The van der Waals surface area contributed by atoms with Crippen molar-refractivity contribution in [3.8, 4) is 5.75 Å². The Morgan fingerprint density at radius 2 is 2.05 bits per heavy atom. The molecule has 2 rings (SSSR count). The van der Waals surface area contributed by atoms with Gasteiger partial charge in [0.1, 0.15) is 5.75 Å². The number of halogens is 1. The van der Waals surface area contributed by atoms with E-state index in [0.717, 1.165) is 25.2 Å². The van der Waals surface area contributed by atoms with E-state index in [4.69, 9.17) is 16.3 Å². The van der Waals surface area contributed by atoms with Crippen molar-refractivity contribution in [3.05, 3.63) is 28.3 Å². The molecule has 1 aromatic carbocycles. The van der Waals surface area contributed by atoms with Crippen LogP contribution in [0.2, 0.25) is 5.02 Å². The van der Waals surface area contributed by atoms with Crippen LogP contribution in [0.1, 0.15) is 35.2 Å². The molecule has 1 fully saturated rings. The molecule has 0 amide bonds. The average Bonchev–Trinajstić information content (AvgIpc) is 2.91. The standard InChI is InChI=1S/C15H20ClNO2/c1-11-9-15(19-2)12(10-13(11)16)14(18)5-8-17-6-3-4-7-17/h9-10H,3-8H2,1-2H3. The number of ketones is 1. The zero-order valence-corrected chi connectivity index (χ0v) is 12.3. The van der Waals surface area contributed by atoms with Gasteiger partial charge < -0.3 is 9.64 Å². The van der Waals surface area contributed by atoms with E-state index in [9.17, 15) is 4.79 Å². The fraction of sp³-hybridized carbons (Fsp3) is 0.533. The van der Waals surface area contributed by atoms with Crippen LogP contribution in [-0.4, -0.2) is 37.4 Å². The molecule has 1 heterocycles. The van der Waals surface area contributed by atoms with Gasteiger partial charge in [-0.2, -0.15) is 0 Å². The lowest BCUT2D eigenvalue weighted by molar-refractivity contribution is 0.0966. The summed E-state index contributed by atoms with van der Waals surface area (Å²) in [7, 11) is 1.58. The van der Waals surface area contributed by atoms with Crippen LogP contribution >= 0.6 is 11.6 Å². The van der Waals surface area contributed by atoms with Crippen LogP contribution in [0.3, 0.4) is 0 Å². The SMILES string of the molecule is COc1cc(C)c(Cl)cc1C(=O)CCN1CCCC1. The maximum Gasteiger partial charge on any atom is 0.167 e. The first kappa shape index (κ1) is 14.4. The number of aryl methyl sites for hydroxylation is 1. The molecule has 0 atom stereocenters. The van der Waals surface area contributed by atoms with Crippen LogP contribution in [0.15, 0.2) is 12.1 Å². The van der Waals surface area contributed by atoms with Crippen LogP contribution in [-0.2, 0) is 0 Å². The van der Waals surface area contributed by atoms with Crippen LogP contribution in [0.25, 0.3) is 0 Å². The summed E-state index contributed by atoms with van der Waals surface area (Å²) >= 11 is 6.10. The second-order valence-electron chi connectivity index (χ2n) is 5.02. The van der Waals surface area contributed by atoms with E-state index < -0.39 is 0 Å². The number of nitrogens with zero attached hydrogens (tertiary/aromatic N) is 1. The lowest BCUT2D eigenvalue weighted by atomic mass is 10.0. The highest BCUT2D eigenvalue weighted by Crippen LogP contribution is 2.27. The number of hydrogen-bond donors (Lipinski definition) is 0. The molecular weight excluding hydrogens is 262 g/mol. The Labute approximate surface area is 119 Å². The molecule has 1 aliphatic heterocycles. The first-order valence-electron chi connectivity index (χ1n) is 6.71. The van der Waals surface area contributed by atoms with Crippen LogP contribution in [0.5, 0.6) is 5.75 Å². The van der Waals surface area contributed by atoms with Crippen LogP contribution < -0.4 is 4.74 Å². The lowest BCUT2D eigenvalue weighted by Gasteiger charge is -2.15. The van der Waals surface area contributed by atoms with E-state index >= 15 is 0 Å². The number of likely N-dealkylation sites (tertiary alicyclic amines) is 1. The number of methoxy groups -OCH3 is 1. The maximum atomic E-state index is 12.3. The highest BCUT2D eigenvalue weighted by molar-refractivity contribution is 6.31. The third kappa shape index (κ3) is 3.48. The summed E-state index contributed by atoms with van der Waals surface area (Å²) < 4.78 is 5.28. The van der Waals surface area contributed by atoms with Gasteiger partial charge in [0.05, 0.1) is 12.7 Å². The zero-order valence-electron chi connectivity index (χ0n) is 11.5. The molecule has 19 heavy (non-hydrogen) atoms. The summed E-state index contributed by atoms with van der Waals surface area (Å²) in [6.45, 7) is 4.95. The second kappa shape index (κ2) is 6.40. The Kier molecular flexibility index (Phi) is 4.83. The van der Waals surface area contributed by atoms with Crippen molar-refractivity contribution >= 4 is 17.4 Å². The predicted octanol–water partition coefficient (Wildman–Crippen LogP) is 3.33. The molecule has 4 heteroatoms. The summed E-state index contributed by atoms with van der Waals surface area (Å²) in [4.78, 5) is 14.6. The van der Waals surface area contributed by atoms with E-state index in [1.54, 1.807) is 13.2 Å². The van der Waals surface area contributed by atoms with Crippen molar-refractivity contribution in [3.63, 3.8) is 0 Å². The normalized spacial score (nSPS) is 15.7. The van der Waals surface area contributed by atoms with Crippen molar-refractivity contribution < 1.29 is 9.53 Å². The van der Waals surface area contributed by atoms with Gasteiger partial charge in [0.15, 0.2) is 5.78 Å². The first-order chi connectivity index (χ1) is 9.11. The van der Waals surface area contributed by atoms with Crippen molar-refractivity contribution in [2.75, 3.05) is 26.7 Å². The van der Waals surface area contributed by atoms with E-state index in [1.165, 1.54) is 12.8 Å². The maximum absolute atomic E-state index is 12.3. The van der Waals surface area contributed by atoms with Gasteiger partial charge in [-0.05, 0) is 50.6 Å². The minimum Gasteiger partial charge on any atom is -0.496 e. The van der Waals surface area contributed by atoms with E-state index in [0.29, 0.717) is 22.8 Å². The highest BCUT2D eigenvalue weighted by Gasteiger charge is 2.17. The number of hydrogen-bond acceptors (Lipinski definition) is 3. The van der Waals surface area contributed by atoms with Gasteiger partial charge in [-0.25, -0.2) is 0 Å². The fourth-order valence-corrected chi connectivity index (χ4v) is 2.61. The molecule has 0 aromatic heterocycles. The number of carbonyl (C=O) groups is 1. The quantitative estimate of drug-likeness (QED) is 0.776. The third-order valence-corrected chi connectivity index (χ3v) is 4.04. The smallest absolute Gasteiger partial charge is 0.167 e. The molecular formula is C15H20ClNO2. The number of rotatable bonds is 5. The van der Waals surface area contributed by atoms with Gasteiger partial charge in [0.25, 0.3) is 0 Å². The molecule has 0 aliphatic carbocycles. The first-order valence-corrected chi connectivity index (χ1v) is 7.09. The molecule has 0 spiro atoms. The molecule has 0 bridgehead atoms. The van der Waals surface area contributed by atoms with Gasteiger partial charge >= 0.3 is 0 Å². The molecule has 1 aliphatic rings. The summed E-state index contributed by atoms with van der Waals surface area (Å²) in [5.41, 5.74) is 1.52. The number of carbonyl (C=O) groups excluding carboxylic acids is 1. The van der Waals surface area contributed by atoms with Crippen molar-refractivity contribution in [1.82, 2.24) is 4.90 Å². The van der Waals surface area contributed by atoms with Crippen molar-refractivity contribution in [2.45, 2.75) is 26.2 Å². The number of benzene rings is 1. The minimum absolute atomic E-state index is 0.102. The molecule has 0 radical (unpaired) electrons. The fourth-order valence-electron chi connectivity index (χ4n) is 2.44. The Hall–Kier alpha value is -1.06. The third-order valence-electron chi connectivity index (χ3n) is 3.63. The van der Waals surface area contributed by atoms with Crippen molar-refractivity contribution in [2.24, 2.45) is 0 Å². The predicted molar refractivity (Wildman–Crippen MR) is 77.4 cm³/mol. The average molecular weight is 282 g/mol. The largest absolute Gasteiger partial charge is 0.496 e. The van der Waals surface area contributed by atoms with Gasteiger partial charge in [-0.1, -0.05) is 11.6 Å².